The number of ether oxygens (including phenoxy) is 2. The summed E-state index contributed by atoms with van der Waals surface area (Å²) in [6, 6.07) is 3.49. The zero-order chi connectivity index (χ0) is 15.6. The zero-order valence-electron chi connectivity index (χ0n) is 12.2. The fourth-order valence-corrected chi connectivity index (χ4v) is 4.67. The van der Waals surface area contributed by atoms with Crippen molar-refractivity contribution >= 4 is 32.7 Å². The molecule has 3 aliphatic rings. The van der Waals surface area contributed by atoms with Gasteiger partial charge in [-0.3, -0.25) is 4.90 Å². The maximum Gasteiger partial charge on any atom is 0.324 e. The highest BCUT2D eigenvalue weighted by Gasteiger charge is 2.50. The van der Waals surface area contributed by atoms with Gasteiger partial charge in [0.1, 0.15) is 11.9 Å². The lowest BCUT2D eigenvalue weighted by molar-refractivity contribution is 0.0481. The predicted molar refractivity (Wildman–Crippen MR) is 84.2 cm³/mol. The number of amides is 2. The van der Waals surface area contributed by atoms with Gasteiger partial charge in [0.25, 0.3) is 0 Å². The van der Waals surface area contributed by atoms with E-state index in [0.717, 1.165) is 28.0 Å². The summed E-state index contributed by atoms with van der Waals surface area (Å²) in [5, 5.41) is 12.9. The van der Waals surface area contributed by atoms with Crippen molar-refractivity contribution in [3.8, 4) is 5.75 Å². The van der Waals surface area contributed by atoms with E-state index in [1.165, 1.54) is 11.3 Å². The molecule has 5 rings (SSSR count). The second-order valence-corrected chi connectivity index (χ2v) is 6.96. The number of thiazole rings is 1. The number of urea groups is 1. The number of benzene rings is 1. The standard InChI is InChI=1S/C15H15N3O4S/c19-5-10-13-8(6-22-10)18(14(20)16-13)15-17-12-7-3-4-21-9(7)1-2-11(12)23-15/h1-2,8,10,13,19H,3-6H2,(H,16,20)/t8-,10+,13-/m0/s1. The second kappa shape index (κ2) is 4.80. The van der Waals surface area contributed by atoms with E-state index in [9.17, 15) is 9.90 Å². The highest BCUT2D eigenvalue weighted by atomic mass is 32.1. The summed E-state index contributed by atoms with van der Waals surface area (Å²) < 4.78 is 12.2. The Hall–Kier alpha value is -1.90. The molecule has 1 aromatic carbocycles. The lowest BCUT2D eigenvalue weighted by atomic mass is 10.1. The van der Waals surface area contributed by atoms with E-state index < -0.39 is 0 Å². The zero-order valence-corrected chi connectivity index (χ0v) is 13.0. The number of carbonyl (C=O) groups is 1. The lowest BCUT2D eigenvalue weighted by Crippen LogP contribution is -2.39. The molecule has 0 spiro atoms. The van der Waals surface area contributed by atoms with E-state index >= 15 is 0 Å². The van der Waals surface area contributed by atoms with Crippen molar-refractivity contribution in [2.24, 2.45) is 0 Å². The molecule has 1 aromatic heterocycles. The Kier molecular flexibility index (Phi) is 2.82. The lowest BCUT2D eigenvalue weighted by Gasteiger charge is -2.17. The summed E-state index contributed by atoms with van der Waals surface area (Å²) in [4.78, 5) is 18.8. The molecule has 0 unspecified atom stereocenters. The van der Waals surface area contributed by atoms with Crippen molar-refractivity contribution in [1.82, 2.24) is 10.3 Å². The maximum atomic E-state index is 12.4. The molecule has 0 radical (unpaired) electrons. The van der Waals surface area contributed by atoms with Crippen LogP contribution in [0.5, 0.6) is 5.75 Å². The number of nitrogens with zero attached hydrogens (tertiary/aromatic N) is 2. The van der Waals surface area contributed by atoms with Crippen molar-refractivity contribution < 1.29 is 19.4 Å². The molecule has 0 aliphatic carbocycles. The summed E-state index contributed by atoms with van der Waals surface area (Å²) in [6.45, 7) is 0.994. The number of nitrogens with one attached hydrogen (secondary N) is 1. The number of aliphatic hydroxyl groups is 1. The predicted octanol–water partition coefficient (Wildman–Crippen LogP) is 0.889. The molecule has 8 heteroatoms. The molecule has 2 fully saturated rings. The van der Waals surface area contributed by atoms with Gasteiger partial charge in [0.05, 0.1) is 42.1 Å². The van der Waals surface area contributed by atoms with E-state index in [2.05, 4.69) is 5.32 Å². The van der Waals surface area contributed by atoms with Crippen LogP contribution in [-0.4, -0.2) is 54.1 Å². The first-order valence-electron chi connectivity index (χ1n) is 7.63. The Morgan fingerprint density at radius 3 is 3.26 bits per heavy atom. The van der Waals surface area contributed by atoms with Gasteiger partial charge >= 0.3 is 6.03 Å². The first-order chi connectivity index (χ1) is 11.3. The van der Waals surface area contributed by atoms with E-state index in [1.807, 2.05) is 12.1 Å². The summed E-state index contributed by atoms with van der Waals surface area (Å²) in [5.41, 5.74) is 2.05. The number of fused-ring (bicyclic) bond motifs is 4. The monoisotopic (exact) mass is 333 g/mol. The Bertz CT molecular complexity index is 807. The van der Waals surface area contributed by atoms with E-state index in [-0.39, 0.29) is 30.8 Å². The Morgan fingerprint density at radius 2 is 2.39 bits per heavy atom. The SMILES string of the molecule is O=C1N[C@@H]2[C@@H](CO)OC[C@@H]2N1c1nc2c3c(ccc2s1)OCC3. The number of aromatic nitrogens is 1. The first kappa shape index (κ1) is 13.5. The van der Waals surface area contributed by atoms with Crippen molar-refractivity contribution in [3.63, 3.8) is 0 Å². The van der Waals surface area contributed by atoms with Gasteiger partial charge in [0.15, 0.2) is 5.13 Å². The highest BCUT2D eigenvalue weighted by molar-refractivity contribution is 7.22. The average molecular weight is 333 g/mol. The van der Waals surface area contributed by atoms with Crippen LogP contribution in [0.4, 0.5) is 9.93 Å². The third-order valence-corrected chi connectivity index (χ3v) is 5.76. The van der Waals surface area contributed by atoms with Crippen LogP contribution in [-0.2, 0) is 11.2 Å². The van der Waals surface area contributed by atoms with Crippen LogP contribution in [0.2, 0.25) is 0 Å². The molecule has 2 saturated heterocycles. The largest absolute Gasteiger partial charge is 0.493 e. The molecular formula is C15H15N3O4S. The summed E-state index contributed by atoms with van der Waals surface area (Å²) in [5.74, 6) is 0.891. The van der Waals surface area contributed by atoms with Gasteiger partial charge in [0.2, 0.25) is 0 Å². The number of aliphatic hydroxyl groups excluding tert-OH is 1. The van der Waals surface area contributed by atoms with Crippen LogP contribution in [0.3, 0.4) is 0 Å². The third-order valence-electron chi connectivity index (χ3n) is 4.74. The molecule has 4 heterocycles. The average Bonchev–Trinajstić information content (AvgIpc) is 3.27. The van der Waals surface area contributed by atoms with Crippen LogP contribution in [0.1, 0.15) is 5.56 Å². The smallest absolute Gasteiger partial charge is 0.324 e. The van der Waals surface area contributed by atoms with Gasteiger partial charge in [-0.15, -0.1) is 0 Å². The Morgan fingerprint density at radius 1 is 1.48 bits per heavy atom. The molecule has 23 heavy (non-hydrogen) atoms. The van der Waals surface area contributed by atoms with Gasteiger partial charge < -0.3 is 19.9 Å². The number of hydrogen-bond acceptors (Lipinski definition) is 6. The minimum absolute atomic E-state index is 0.0972. The topological polar surface area (TPSA) is 83.9 Å². The normalized spacial score (nSPS) is 28.8. The van der Waals surface area contributed by atoms with Crippen LogP contribution in [0, 0.1) is 0 Å². The van der Waals surface area contributed by atoms with E-state index in [0.29, 0.717) is 18.3 Å². The summed E-state index contributed by atoms with van der Waals surface area (Å²) in [6.07, 6.45) is 0.505. The minimum atomic E-state index is -0.346. The number of rotatable bonds is 2. The number of anilines is 1. The van der Waals surface area contributed by atoms with Crippen LogP contribution < -0.4 is 15.0 Å². The Balaban J connectivity index is 1.57. The molecule has 0 bridgehead atoms. The van der Waals surface area contributed by atoms with Crippen molar-refractivity contribution in [2.75, 3.05) is 24.7 Å². The molecular weight excluding hydrogens is 318 g/mol. The molecule has 3 atom stereocenters. The Labute approximate surface area is 135 Å². The van der Waals surface area contributed by atoms with Gasteiger partial charge in [-0.2, -0.15) is 0 Å². The summed E-state index contributed by atoms with van der Waals surface area (Å²) in [7, 11) is 0. The van der Waals surface area contributed by atoms with Gasteiger partial charge in [0, 0.05) is 12.0 Å². The van der Waals surface area contributed by atoms with Gasteiger partial charge in [-0.1, -0.05) is 11.3 Å². The van der Waals surface area contributed by atoms with Gasteiger partial charge in [-0.05, 0) is 12.1 Å². The van der Waals surface area contributed by atoms with Crippen LogP contribution in [0.15, 0.2) is 12.1 Å². The van der Waals surface area contributed by atoms with E-state index in [4.69, 9.17) is 14.5 Å². The van der Waals surface area contributed by atoms with Crippen LogP contribution in [0.25, 0.3) is 10.2 Å². The van der Waals surface area contributed by atoms with Crippen molar-refractivity contribution in [3.05, 3.63) is 17.7 Å². The first-order valence-corrected chi connectivity index (χ1v) is 8.45. The molecule has 2 amide bonds. The minimum Gasteiger partial charge on any atom is -0.493 e. The van der Waals surface area contributed by atoms with Crippen molar-refractivity contribution in [1.29, 1.82) is 0 Å². The quantitative estimate of drug-likeness (QED) is 0.853. The molecule has 3 aliphatic heterocycles. The molecule has 120 valence electrons. The van der Waals surface area contributed by atoms with Crippen molar-refractivity contribution in [2.45, 2.75) is 24.6 Å². The number of carbonyl (C=O) groups excluding carboxylic acids is 1. The van der Waals surface area contributed by atoms with Crippen LogP contribution >= 0.6 is 11.3 Å². The third kappa shape index (κ3) is 1.82. The fraction of sp³-hybridized carbons (Fsp3) is 0.467. The van der Waals surface area contributed by atoms with E-state index in [1.54, 1.807) is 4.90 Å². The second-order valence-electron chi connectivity index (χ2n) is 5.95. The fourth-order valence-electron chi connectivity index (χ4n) is 3.62. The molecule has 2 N–H and O–H groups in total. The molecule has 0 saturated carbocycles. The summed E-state index contributed by atoms with van der Waals surface area (Å²) >= 11 is 1.50. The number of hydrogen-bond donors (Lipinski definition) is 2. The molecule has 2 aromatic rings. The highest BCUT2D eigenvalue weighted by Crippen LogP contribution is 2.39. The maximum absolute atomic E-state index is 12.4. The van der Waals surface area contributed by atoms with Gasteiger partial charge in [-0.25, -0.2) is 9.78 Å². The molecule has 7 nitrogen and oxygen atoms in total.